The van der Waals surface area contributed by atoms with Crippen LogP contribution in [0.4, 0.5) is 0 Å². The van der Waals surface area contributed by atoms with Gasteiger partial charge in [-0.05, 0) is 59.9 Å². The zero-order valence-electron chi connectivity index (χ0n) is 12.2. The first-order chi connectivity index (χ1) is 10.2. The van der Waals surface area contributed by atoms with Crippen LogP contribution in [-0.2, 0) is 20.7 Å². The number of hydrogen-bond donors (Lipinski definition) is 1. The molecule has 0 aliphatic heterocycles. The highest BCUT2D eigenvalue weighted by molar-refractivity contribution is 7.07. The molecule has 21 heavy (non-hydrogen) atoms. The van der Waals surface area contributed by atoms with Gasteiger partial charge in [-0.2, -0.15) is 11.3 Å². The van der Waals surface area contributed by atoms with E-state index in [0.717, 1.165) is 25.7 Å². The van der Waals surface area contributed by atoms with Gasteiger partial charge in [0.2, 0.25) is 5.91 Å². The fourth-order valence-corrected chi connectivity index (χ4v) is 4.63. The summed E-state index contributed by atoms with van der Waals surface area (Å²) >= 11 is 1.65. The summed E-state index contributed by atoms with van der Waals surface area (Å²) in [4.78, 5) is 24.1. The van der Waals surface area contributed by atoms with Crippen molar-refractivity contribution in [3.8, 4) is 0 Å². The number of amides is 1. The number of rotatable bonds is 5. The first-order valence-corrected chi connectivity index (χ1v) is 8.51. The fraction of sp³-hybridized carbons (Fsp3) is 0.625. The molecule has 4 atom stereocenters. The van der Waals surface area contributed by atoms with E-state index in [1.165, 1.54) is 12.7 Å². The molecule has 3 rings (SSSR count). The van der Waals surface area contributed by atoms with Crippen molar-refractivity contribution in [2.24, 2.45) is 17.8 Å². The smallest absolute Gasteiger partial charge is 0.311 e. The molecule has 1 aromatic rings. The van der Waals surface area contributed by atoms with E-state index in [-0.39, 0.29) is 23.8 Å². The first-order valence-electron chi connectivity index (χ1n) is 7.57. The number of nitrogens with one attached hydrogen (secondary N) is 1. The van der Waals surface area contributed by atoms with E-state index in [4.69, 9.17) is 4.74 Å². The zero-order chi connectivity index (χ0) is 14.8. The van der Waals surface area contributed by atoms with E-state index in [1.807, 2.05) is 11.4 Å². The van der Waals surface area contributed by atoms with Gasteiger partial charge >= 0.3 is 5.97 Å². The van der Waals surface area contributed by atoms with Crippen molar-refractivity contribution in [3.05, 3.63) is 22.4 Å². The van der Waals surface area contributed by atoms with Gasteiger partial charge in [0, 0.05) is 12.5 Å². The lowest BCUT2D eigenvalue weighted by molar-refractivity contribution is -0.148. The first kappa shape index (κ1) is 14.6. The molecule has 0 unspecified atom stereocenters. The molecule has 0 saturated heterocycles. The number of esters is 1. The van der Waals surface area contributed by atoms with Crippen LogP contribution in [0.2, 0.25) is 0 Å². The third-order valence-corrected chi connectivity index (χ3v) is 5.67. The minimum atomic E-state index is -0.162. The van der Waals surface area contributed by atoms with Crippen LogP contribution < -0.4 is 5.32 Å². The van der Waals surface area contributed by atoms with Crippen LogP contribution in [-0.4, -0.2) is 25.0 Å². The number of fused-ring (bicyclic) bond motifs is 2. The Balaban J connectivity index is 1.57. The van der Waals surface area contributed by atoms with Crippen molar-refractivity contribution in [2.75, 3.05) is 7.11 Å². The number of carbonyl (C=O) groups is 2. The third-order valence-electron chi connectivity index (χ3n) is 4.94. The highest BCUT2D eigenvalue weighted by Gasteiger charge is 2.51. The Labute approximate surface area is 128 Å². The standard InChI is InChI=1S/C16H21NO3S/c1-20-16(19)14-11-3-4-12(8-11)15(14)17-13(18)5-2-10-6-7-21-9-10/h6-7,9,11-12,14-15H,2-5,8H2,1H3,(H,17,18)/t11-,12-,14-,15-/m0/s1. The second kappa shape index (κ2) is 6.18. The average molecular weight is 307 g/mol. The van der Waals surface area contributed by atoms with E-state index >= 15 is 0 Å². The second-order valence-electron chi connectivity index (χ2n) is 6.11. The van der Waals surface area contributed by atoms with Crippen molar-refractivity contribution in [1.29, 1.82) is 0 Å². The molecule has 0 radical (unpaired) electrons. The SMILES string of the molecule is COC(=O)[C@H]1[C@H]2CC[C@@H](C2)[C@@H]1NC(=O)CCc1ccsc1. The van der Waals surface area contributed by atoms with Crippen molar-refractivity contribution < 1.29 is 14.3 Å². The fourth-order valence-electron chi connectivity index (χ4n) is 3.93. The molecular formula is C16H21NO3S. The molecule has 1 amide bonds. The molecule has 2 saturated carbocycles. The number of ether oxygens (including phenoxy) is 1. The molecule has 2 aliphatic rings. The highest BCUT2D eigenvalue weighted by Crippen LogP contribution is 2.48. The molecule has 4 nitrogen and oxygen atoms in total. The van der Waals surface area contributed by atoms with Crippen molar-refractivity contribution >= 4 is 23.2 Å². The van der Waals surface area contributed by atoms with E-state index in [9.17, 15) is 9.59 Å². The van der Waals surface area contributed by atoms with Gasteiger partial charge in [-0.15, -0.1) is 0 Å². The molecule has 1 heterocycles. The van der Waals surface area contributed by atoms with E-state index in [2.05, 4.69) is 10.7 Å². The quantitative estimate of drug-likeness (QED) is 0.850. The van der Waals surface area contributed by atoms with E-state index in [0.29, 0.717) is 18.3 Å². The van der Waals surface area contributed by atoms with Gasteiger partial charge < -0.3 is 10.1 Å². The summed E-state index contributed by atoms with van der Waals surface area (Å²) in [5, 5.41) is 7.20. The van der Waals surface area contributed by atoms with Gasteiger partial charge in [0.25, 0.3) is 0 Å². The van der Waals surface area contributed by atoms with Crippen LogP contribution in [0.3, 0.4) is 0 Å². The van der Waals surface area contributed by atoms with Crippen molar-refractivity contribution in [1.82, 2.24) is 5.32 Å². The molecular weight excluding hydrogens is 286 g/mol. The molecule has 2 aliphatic carbocycles. The Bertz CT molecular complexity index is 514. The molecule has 0 aromatic carbocycles. The van der Waals surface area contributed by atoms with Gasteiger partial charge in [0.15, 0.2) is 0 Å². The minimum absolute atomic E-state index is 0.0221. The number of methoxy groups -OCH3 is 1. The van der Waals surface area contributed by atoms with Crippen LogP contribution in [0.1, 0.15) is 31.2 Å². The van der Waals surface area contributed by atoms with Gasteiger partial charge in [0.05, 0.1) is 13.0 Å². The van der Waals surface area contributed by atoms with Crippen molar-refractivity contribution in [3.63, 3.8) is 0 Å². The lowest BCUT2D eigenvalue weighted by Gasteiger charge is -2.29. The van der Waals surface area contributed by atoms with Gasteiger partial charge in [0.1, 0.15) is 0 Å². The Morgan fingerprint density at radius 3 is 2.90 bits per heavy atom. The Hall–Kier alpha value is -1.36. The summed E-state index contributed by atoms with van der Waals surface area (Å²) in [5.41, 5.74) is 1.20. The molecule has 1 N–H and O–H groups in total. The highest BCUT2D eigenvalue weighted by atomic mass is 32.1. The van der Waals surface area contributed by atoms with E-state index < -0.39 is 0 Å². The maximum absolute atomic E-state index is 12.2. The van der Waals surface area contributed by atoms with Crippen LogP contribution in [0.25, 0.3) is 0 Å². The summed E-state index contributed by atoms with van der Waals surface area (Å²) in [6, 6.07) is 2.03. The molecule has 1 aromatic heterocycles. The topological polar surface area (TPSA) is 55.4 Å². The second-order valence-corrected chi connectivity index (χ2v) is 6.89. The van der Waals surface area contributed by atoms with E-state index in [1.54, 1.807) is 11.3 Å². The lowest BCUT2D eigenvalue weighted by Crippen LogP contribution is -2.47. The van der Waals surface area contributed by atoms with Crippen molar-refractivity contribution in [2.45, 2.75) is 38.1 Å². The molecule has 2 fully saturated rings. The zero-order valence-corrected chi connectivity index (χ0v) is 13.0. The molecule has 0 spiro atoms. The van der Waals surface area contributed by atoms with Crippen LogP contribution in [0.5, 0.6) is 0 Å². The minimum Gasteiger partial charge on any atom is -0.469 e. The molecule has 2 bridgehead atoms. The number of carbonyl (C=O) groups excluding carboxylic acids is 2. The summed E-state index contributed by atoms with van der Waals surface area (Å²) in [5.74, 6) is 0.589. The summed E-state index contributed by atoms with van der Waals surface area (Å²) < 4.78 is 4.93. The van der Waals surface area contributed by atoms with Crippen LogP contribution in [0.15, 0.2) is 16.8 Å². The lowest BCUT2D eigenvalue weighted by atomic mass is 9.84. The number of hydrogen-bond acceptors (Lipinski definition) is 4. The summed E-state index contributed by atoms with van der Waals surface area (Å²) in [7, 11) is 1.43. The maximum atomic E-state index is 12.2. The number of thiophene rings is 1. The Morgan fingerprint density at radius 2 is 2.19 bits per heavy atom. The Morgan fingerprint density at radius 1 is 1.38 bits per heavy atom. The predicted octanol–water partition coefficient (Wildman–Crippen LogP) is 2.38. The van der Waals surface area contributed by atoms with Crippen LogP contribution in [0, 0.1) is 17.8 Å². The monoisotopic (exact) mass is 307 g/mol. The molecule has 114 valence electrons. The maximum Gasteiger partial charge on any atom is 0.311 e. The van der Waals surface area contributed by atoms with Crippen LogP contribution >= 0.6 is 11.3 Å². The predicted molar refractivity (Wildman–Crippen MR) is 80.9 cm³/mol. The number of aryl methyl sites for hydroxylation is 1. The van der Waals surface area contributed by atoms with Gasteiger partial charge in [-0.1, -0.05) is 0 Å². The summed E-state index contributed by atoms with van der Waals surface area (Å²) in [6.45, 7) is 0. The van der Waals surface area contributed by atoms with Gasteiger partial charge in [-0.25, -0.2) is 0 Å². The third kappa shape index (κ3) is 2.98. The summed E-state index contributed by atoms with van der Waals surface area (Å²) in [6.07, 6.45) is 4.51. The van der Waals surface area contributed by atoms with Gasteiger partial charge in [-0.3, -0.25) is 9.59 Å². The largest absolute Gasteiger partial charge is 0.469 e. The Kier molecular flexibility index (Phi) is 4.29. The molecule has 5 heteroatoms. The normalized spacial score (nSPS) is 30.3. The average Bonchev–Trinajstić information content (AvgIpc) is 3.21.